The highest BCUT2D eigenvalue weighted by atomic mass is 16.6. The minimum absolute atomic E-state index is 0.000602. The van der Waals surface area contributed by atoms with Gasteiger partial charge in [-0.3, -0.25) is 10.1 Å². The normalized spacial score (nSPS) is 12.4. The maximum atomic E-state index is 10.7. The Labute approximate surface area is 81.9 Å². The first-order chi connectivity index (χ1) is 6.56. The molecule has 1 aromatic carbocycles. The number of benzene rings is 1. The van der Waals surface area contributed by atoms with E-state index in [9.17, 15) is 10.1 Å². The lowest BCUT2D eigenvalue weighted by molar-refractivity contribution is -0.385. The van der Waals surface area contributed by atoms with Crippen molar-refractivity contribution in [2.24, 2.45) is 5.73 Å². The molecule has 0 aliphatic carbocycles. The summed E-state index contributed by atoms with van der Waals surface area (Å²) >= 11 is 0. The second kappa shape index (κ2) is 4.06. The molecule has 0 aromatic heterocycles. The number of nitro groups is 1. The van der Waals surface area contributed by atoms with Crippen molar-refractivity contribution in [2.45, 2.75) is 19.4 Å². The van der Waals surface area contributed by atoms with Crippen molar-refractivity contribution in [1.82, 2.24) is 0 Å². The Hall–Kier alpha value is -1.62. The number of nitrogens with zero attached hydrogens (tertiary/aromatic N) is 1. The molecule has 0 aliphatic heterocycles. The molecule has 0 saturated carbocycles. The predicted octanol–water partition coefficient (Wildman–Crippen LogP) is 1.59. The van der Waals surface area contributed by atoms with Crippen LogP contribution >= 0.6 is 0 Å². The first-order valence-corrected chi connectivity index (χ1v) is 4.35. The number of nitrogen functional groups attached to an aromatic ring is 1. The van der Waals surface area contributed by atoms with Crippen molar-refractivity contribution in [2.75, 3.05) is 5.73 Å². The molecule has 1 atom stereocenters. The highest BCUT2D eigenvalue weighted by molar-refractivity contribution is 5.53. The Morgan fingerprint density at radius 3 is 2.71 bits per heavy atom. The predicted molar refractivity (Wildman–Crippen MR) is 54.7 cm³/mol. The highest BCUT2D eigenvalue weighted by Crippen LogP contribution is 2.27. The molecule has 5 nitrogen and oxygen atoms in total. The molecular weight excluding hydrogens is 182 g/mol. The molecule has 0 unspecified atom stereocenters. The lowest BCUT2D eigenvalue weighted by atomic mass is 10.0. The largest absolute Gasteiger partial charge is 0.399 e. The van der Waals surface area contributed by atoms with Gasteiger partial charge in [0, 0.05) is 23.4 Å². The van der Waals surface area contributed by atoms with Crippen LogP contribution in [0.15, 0.2) is 18.2 Å². The van der Waals surface area contributed by atoms with E-state index >= 15 is 0 Å². The summed E-state index contributed by atoms with van der Waals surface area (Å²) in [5.74, 6) is 0. The summed E-state index contributed by atoms with van der Waals surface area (Å²) in [5, 5.41) is 10.7. The standard InChI is InChI=1S/C9H13N3O2/c1-2-8(11)7-4-3-6(10)5-9(7)12(13)14/h3-5,8H,2,10-11H2,1H3/t8-/m0/s1. The van der Waals surface area contributed by atoms with Gasteiger partial charge >= 0.3 is 0 Å². The maximum Gasteiger partial charge on any atom is 0.276 e. The van der Waals surface area contributed by atoms with E-state index in [1.165, 1.54) is 6.07 Å². The monoisotopic (exact) mass is 195 g/mol. The van der Waals surface area contributed by atoms with Gasteiger partial charge in [-0.15, -0.1) is 0 Å². The van der Waals surface area contributed by atoms with Crippen LogP contribution in [0.5, 0.6) is 0 Å². The van der Waals surface area contributed by atoms with Gasteiger partial charge in [-0.25, -0.2) is 0 Å². The van der Waals surface area contributed by atoms with Crippen molar-refractivity contribution in [3.8, 4) is 0 Å². The van der Waals surface area contributed by atoms with E-state index in [0.29, 0.717) is 17.7 Å². The van der Waals surface area contributed by atoms with Crippen molar-refractivity contribution in [3.63, 3.8) is 0 Å². The van der Waals surface area contributed by atoms with Gasteiger partial charge < -0.3 is 11.5 Å². The van der Waals surface area contributed by atoms with Crippen LogP contribution in [0, 0.1) is 10.1 Å². The molecule has 0 bridgehead atoms. The summed E-state index contributed by atoms with van der Waals surface area (Å²) in [6.07, 6.45) is 0.657. The summed E-state index contributed by atoms with van der Waals surface area (Å²) < 4.78 is 0. The molecule has 0 amide bonds. The van der Waals surface area contributed by atoms with Crippen LogP contribution in [0.4, 0.5) is 11.4 Å². The van der Waals surface area contributed by atoms with Crippen molar-refractivity contribution in [1.29, 1.82) is 0 Å². The highest BCUT2D eigenvalue weighted by Gasteiger charge is 2.17. The van der Waals surface area contributed by atoms with Crippen LogP contribution in [0.3, 0.4) is 0 Å². The topological polar surface area (TPSA) is 95.2 Å². The molecule has 14 heavy (non-hydrogen) atoms. The zero-order valence-corrected chi connectivity index (χ0v) is 7.93. The quantitative estimate of drug-likeness (QED) is 0.435. The third kappa shape index (κ3) is 2.00. The number of rotatable bonds is 3. The minimum atomic E-state index is -0.457. The van der Waals surface area contributed by atoms with Crippen molar-refractivity contribution >= 4 is 11.4 Å². The van der Waals surface area contributed by atoms with Crippen LogP contribution in [0.2, 0.25) is 0 Å². The second-order valence-electron chi connectivity index (χ2n) is 3.09. The summed E-state index contributed by atoms with van der Waals surface area (Å²) in [6, 6.07) is 4.26. The SMILES string of the molecule is CC[C@H](N)c1ccc(N)cc1[N+](=O)[O-]. The van der Waals surface area contributed by atoms with Crippen LogP contribution < -0.4 is 11.5 Å². The van der Waals surface area contributed by atoms with E-state index in [-0.39, 0.29) is 11.7 Å². The average Bonchev–Trinajstić information content (AvgIpc) is 2.16. The summed E-state index contributed by atoms with van der Waals surface area (Å²) in [5.41, 5.74) is 12.1. The zero-order valence-electron chi connectivity index (χ0n) is 7.93. The second-order valence-corrected chi connectivity index (χ2v) is 3.09. The maximum absolute atomic E-state index is 10.7. The summed E-state index contributed by atoms with van der Waals surface area (Å²) in [7, 11) is 0. The van der Waals surface area contributed by atoms with E-state index in [0.717, 1.165) is 0 Å². The Kier molecular flexibility index (Phi) is 3.03. The number of hydrogen-bond donors (Lipinski definition) is 2. The molecule has 0 radical (unpaired) electrons. The fraction of sp³-hybridized carbons (Fsp3) is 0.333. The van der Waals surface area contributed by atoms with Crippen LogP contribution in [-0.4, -0.2) is 4.92 Å². The minimum Gasteiger partial charge on any atom is -0.399 e. The molecule has 0 heterocycles. The Balaban J connectivity index is 3.21. The van der Waals surface area contributed by atoms with E-state index in [4.69, 9.17) is 11.5 Å². The van der Waals surface area contributed by atoms with Crippen LogP contribution in [-0.2, 0) is 0 Å². The van der Waals surface area contributed by atoms with Gasteiger partial charge in [0.15, 0.2) is 0 Å². The number of nitro benzene ring substituents is 1. The number of hydrogen-bond acceptors (Lipinski definition) is 4. The lowest BCUT2D eigenvalue weighted by Crippen LogP contribution is -2.11. The Bertz CT molecular complexity index is 352. The Morgan fingerprint density at radius 2 is 2.21 bits per heavy atom. The summed E-state index contributed by atoms with van der Waals surface area (Å²) in [6.45, 7) is 1.88. The third-order valence-electron chi connectivity index (χ3n) is 2.09. The molecular formula is C9H13N3O2. The van der Waals surface area contributed by atoms with E-state index in [1.54, 1.807) is 12.1 Å². The molecule has 1 rings (SSSR count). The van der Waals surface area contributed by atoms with Crippen molar-refractivity contribution < 1.29 is 4.92 Å². The zero-order chi connectivity index (χ0) is 10.7. The molecule has 1 aromatic rings. The van der Waals surface area contributed by atoms with Gasteiger partial charge in [-0.2, -0.15) is 0 Å². The number of nitrogens with two attached hydrogens (primary N) is 2. The lowest BCUT2D eigenvalue weighted by Gasteiger charge is -2.09. The fourth-order valence-electron chi connectivity index (χ4n) is 1.25. The molecule has 4 N–H and O–H groups in total. The smallest absolute Gasteiger partial charge is 0.276 e. The molecule has 0 aliphatic rings. The van der Waals surface area contributed by atoms with Gasteiger partial charge in [0.05, 0.1) is 4.92 Å². The van der Waals surface area contributed by atoms with E-state index in [1.807, 2.05) is 6.92 Å². The first-order valence-electron chi connectivity index (χ1n) is 4.35. The van der Waals surface area contributed by atoms with E-state index < -0.39 is 4.92 Å². The molecule has 0 spiro atoms. The van der Waals surface area contributed by atoms with Crippen molar-refractivity contribution in [3.05, 3.63) is 33.9 Å². The molecule has 0 fully saturated rings. The molecule has 76 valence electrons. The van der Waals surface area contributed by atoms with Crippen LogP contribution in [0.1, 0.15) is 24.9 Å². The van der Waals surface area contributed by atoms with E-state index in [2.05, 4.69) is 0 Å². The third-order valence-corrected chi connectivity index (χ3v) is 2.09. The molecule has 0 saturated heterocycles. The van der Waals surface area contributed by atoms with Gasteiger partial charge in [-0.1, -0.05) is 6.92 Å². The summed E-state index contributed by atoms with van der Waals surface area (Å²) in [4.78, 5) is 10.2. The van der Waals surface area contributed by atoms with Gasteiger partial charge in [-0.05, 0) is 18.6 Å². The average molecular weight is 195 g/mol. The van der Waals surface area contributed by atoms with Gasteiger partial charge in [0.25, 0.3) is 5.69 Å². The first kappa shape index (κ1) is 10.5. The Morgan fingerprint density at radius 1 is 1.57 bits per heavy atom. The fourth-order valence-corrected chi connectivity index (χ4v) is 1.25. The molecule has 5 heteroatoms. The van der Waals surface area contributed by atoms with Gasteiger partial charge in [0.1, 0.15) is 0 Å². The van der Waals surface area contributed by atoms with Gasteiger partial charge in [0.2, 0.25) is 0 Å². The number of anilines is 1. The van der Waals surface area contributed by atoms with Crippen LogP contribution in [0.25, 0.3) is 0 Å².